The lowest BCUT2D eigenvalue weighted by Crippen LogP contribution is -2.13. The second-order valence-electron chi connectivity index (χ2n) is 3.67. The van der Waals surface area contributed by atoms with Crippen molar-refractivity contribution in [2.75, 3.05) is 5.73 Å². The monoisotopic (exact) mass is 165 g/mol. The number of hydrogen-bond donors (Lipinski definition) is 1. The summed E-state index contributed by atoms with van der Waals surface area (Å²) in [6.45, 7) is 2.29. The second-order valence-corrected chi connectivity index (χ2v) is 3.67. The first kappa shape index (κ1) is 7.65. The molecule has 1 saturated carbocycles. The SMILES string of the molecule is CC1CCCC1n1ccnc1N. The van der Waals surface area contributed by atoms with Crippen molar-refractivity contribution in [3.05, 3.63) is 12.4 Å². The predicted molar refractivity (Wildman–Crippen MR) is 48.7 cm³/mol. The highest BCUT2D eigenvalue weighted by molar-refractivity contribution is 5.18. The summed E-state index contributed by atoms with van der Waals surface area (Å²) in [5, 5.41) is 0. The third-order valence-electron chi connectivity index (χ3n) is 2.87. The molecule has 2 unspecified atom stereocenters. The molecular formula is C9H15N3. The Hall–Kier alpha value is -0.990. The Morgan fingerprint density at radius 2 is 2.42 bits per heavy atom. The lowest BCUT2D eigenvalue weighted by atomic mass is 10.1. The molecule has 0 amide bonds. The van der Waals surface area contributed by atoms with E-state index in [1.807, 2.05) is 6.20 Å². The average molecular weight is 165 g/mol. The molecule has 2 rings (SSSR count). The van der Waals surface area contributed by atoms with Crippen LogP contribution in [-0.2, 0) is 0 Å². The van der Waals surface area contributed by atoms with Gasteiger partial charge in [0.1, 0.15) is 0 Å². The number of anilines is 1. The number of hydrogen-bond acceptors (Lipinski definition) is 2. The lowest BCUT2D eigenvalue weighted by Gasteiger charge is -2.17. The van der Waals surface area contributed by atoms with Crippen LogP contribution in [0, 0.1) is 5.92 Å². The number of rotatable bonds is 1. The summed E-state index contributed by atoms with van der Waals surface area (Å²) >= 11 is 0. The molecule has 1 aromatic heterocycles. The van der Waals surface area contributed by atoms with Crippen LogP contribution in [0.4, 0.5) is 5.95 Å². The molecule has 1 aliphatic rings. The molecule has 0 spiro atoms. The Kier molecular flexibility index (Phi) is 1.79. The zero-order chi connectivity index (χ0) is 8.55. The standard InChI is InChI=1S/C9H15N3/c1-7-3-2-4-8(7)12-6-5-11-9(12)10/h5-8H,2-4H2,1H3,(H2,10,11). The van der Waals surface area contributed by atoms with Crippen molar-refractivity contribution >= 4 is 5.95 Å². The van der Waals surface area contributed by atoms with Crippen LogP contribution in [0.15, 0.2) is 12.4 Å². The molecule has 1 aliphatic carbocycles. The summed E-state index contributed by atoms with van der Waals surface area (Å²) in [5.41, 5.74) is 5.73. The highest BCUT2D eigenvalue weighted by Gasteiger charge is 2.25. The van der Waals surface area contributed by atoms with Gasteiger partial charge in [0.2, 0.25) is 0 Å². The van der Waals surface area contributed by atoms with Gasteiger partial charge in [-0.15, -0.1) is 0 Å². The van der Waals surface area contributed by atoms with Gasteiger partial charge in [0.05, 0.1) is 0 Å². The predicted octanol–water partition coefficient (Wildman–Crippen LogP) is 1.83. The first-order chi connectivity index (χ1) is 5.79. The maximum Gasteiger partial charge on any atom is 0.200 e. The third-order valence-corrected chi connectivity index (χ3v) is 2.87. The Bertz CT molecular complexity index is 266. The van der Waals surface area contributed by atoms with Crippen molar-refractivity contribution < 1.29 is 0 Å². The average Bonchev–Trinajstić information content (AvgIpc) is 2.59. The first-order valence-electron chi connectivity index (χ1n) is 4.57. The Morgan fingerprint density at radius 3 is 2.92 bits per heavy atom. The smallest absolute Gasteiger partial charge is 0.200 e. The number of imidazole rings is 1. The van der Waals surface area contributed by atoms with Crippen LogP contribution in [0.25, 0.3) is 0 Å². The van der Waals surface area contributed by atoms with Crippen LogP contribution in [0.2, 0.25) is 0 Å². The van der Waals surface area contributed by atoms with Crippen molar-refractivity contribution in [3.63, 3.8) is 0 Å². The summed E-state index contributed by atoms with van der Waals surface area (Å²) in [7, 11) is 0. The number of nitrogens with zero attached hydrogens (tertiary/aromatic N) is 2. The minimum atomic E-state index is 0.590. The normalized spacial score (nSPS) is 29.4. The van der Waals surface area contributed by atoms with Gasteiger partial charge < -0.3 is 10.3 Å². The quantitative estimate of drug-likeness (QED) is 0.690. The van der Waals surface area contributed by atoms with E-state index < -0.39 is 0 Å². The van der Waals surface area contributed by atoms with E-state index in [1.165, 1.54) is 19.3 Å². The number of aromatic nitrogens is 2. The van der Waals surface area contributed by atoms with Gasteiger partial charge in [-0.2, -0.15) is 0 Å². The fourth-order valence-electron chi connectivity index (χ4n) is 2.14. The molecule has 0 radical (unpaired) electrons. The third kappa shape index (κ3) is 1.09. The summed E-state index contributed by atoms with van der Waals surface area (Å²) in [5.74, 6) is 1.41. The van der Waals surface area contributed by atoms with Crippen LogP contribution in [0.1, 0.15) is 32.2 Å². The molecule has 66 valence electrons. The van der Waals surface area contributed by atoms with E-state index in [0.717, 1.165) is 5.92 Å². The van der Waals surface area contributed by atoms with E-state index in [0.29, 0.717) is 12.0 Å². The Morgan fingerprint density at radius 1 is 1.58 bits per heavy atom. The molecule has 2 atom stereocenters. The molecule has 0 bridgehead atoms. The Labute approximate surface area is 72.6 Å². The number of nitrogens with two attached hydrogens (primary N) is 1. The molecule has 2 N–H and O–H groups in total. The van der Waals surface area contributed by atoms with Gasteiger partial charge in [0.15, 0.2) is 5.95 Å². The van der Waals surface area contributed by atoms with Crippen LogP contribution < -0.4 is 5.73 Å². The van der Waals surface area contributed by atoms with Crippen molar-refractivity contribution in [1.29, 1.82) is 0 Å². The minimum absolute atomic E-state index is 0.590. The van der Waals surface area contributed by atoms with Crippen LogP contribution in [0.3, 0.4) is 0 Å². The molecule has 0 saturated heterocycles. The van der Waals surface area contributed by atoms with Gasteiger partial charge in [-0.05, 0) is 18.8 Å². The van der Waals surface area contributed by atoms with E-state index in [9.17, 15) is 0 Å². The van der Waals surface area contributed by atoms with Crippen molar-refractivity contribution in [1.82, 2.24) is 9.55 Å². The zero-order valence-corrected chi connectivity index (χ0v) is 7.40. The molecule has 1 aromatic rings. The molecule has 3 heteroatoms. The molecule has 12 heavy (non-hydrogen) atoms. The maximum absolute atomic E-state index is 5.73. The van der Waals surface area contributed by atoms with Gasteiger partial charge in [-0.3, -0.25) is 0 Å². The maximum atomic E-state index is 5.73. The van der Waals surface area contributed by atoms with Crippen LogP contribution in [-0.4, -0.2) is 9.55 Å². The van der Waals surface area contributed by atoms with E-state index in [1.54, 1.807) is 6.20 Å². The first-order valence-corrected chi connectivity index (χ1v) is 4.57. The van der Waals surface area contributed by atoms with Crippen LogP contribution >= 0.6 is 0 Å². The van der Waals surface area contributed by atoms with E-state index in [-0.39, 0.29) is 0 Å². The van der Waals surface area contributed by atoms with Crippen LogP contribution in [0.5, 0.6) is 0 Å². The summed E-state index contributed by atoms with van der Waals surface area (Å²) < 4.78 is 2.11. The van der Waals surface area contributed by atoms with Gasteiger partial charge in [-0.1, -0.05) is 13.3 Å². The van der Waals surface area contributed by atoms with Crippen molar-refractivity contribution in [2.45, 2.75) is 32.2 Å². The van der Waals surface area contributed by atoms with Gasteiger partial charge in [0.25, 0.3) is 0 Å². The van der Waals surface area contributed by atoms with E-state index >= 15 is 0 Å². The topological polar surface area (TPSA) is 43.8 Å². The van der Waals surface area contributed by atoms with Gasteiger partial charge in [0, 0.05) is 18.4 Å². The minimum Gasteiger partial charge on any atom is -0.369 e. The highest BCUT2D eigenvalue weighted by atomic mass is 15.2. The zero-order valence-electron chi connectivity index (χ0n) is 7.40. The highest BCUT2D eigenvalue weighted by Crippen LogP contribution is 2.36. The van der Waals surface area contributed by atoms with Crippen molar-refractivity contribution in [3.8, 4) is 0 Å². The molecule has 0 aliphatic heterocycles. The lowest BCUT2D eigenvalue weighted by molar-refractivity contribution is 0.412. The van der Waals surface area contributed by atoms with E-state index in [2.05, 4.69) is 16.5 Å². The molecular weight excluding hydrogens is 150 g/mol. The fourth-order valence-corrected chi connectivity index (χ4v) is 2.14. The number of nitrogen functional groups attached to an aromatic ring is 1. The summed E-state index contributed by atoms with van der Waals surface area (Å²) in [4.78, 5) is 4.04. The second kappa shape index (κ2) is 2.81. The largest absolute Gasteiger partial charge is 0.369 e. The summed E-state index contributed by atoms with van der Waals surface area (Å²) in [6, 6.07) is 0.590. The van der Waals surface area contributed by atoms with Crippen molar-refractivity contribution in [2.24, 2.45) is 5.92 Å². The molecule has 3 nitrogen and oxygen atoms in total. The van der Waals surface area contributed by atoms with E-state index in [4.69, 9.17) is 5.73 Å². The fraction of sp³-hybridized carbons (Fsp3) is 0.667. The van der Waals surface area contributed by atoms with Gasteiger partial charge >= 0.3 is 0 Å². The molecule has 0 aromatic carbocycles. The molecule has 1 fully saturated rings. The molecule has 1 heterocycles. The Balaban J connectivity index is 2.24. The summed E-state index contributed by atoms with van der Waals surface area (Å²) in [6.07, 6.45) is 7.66. The van der Waals surface area contributed by atoms with Gasteiger partial charge in [-0.25, -0.2) is 4.98 Å².